The zero-order valence-corrected chi connectivity index (χ0v) is 12.6. The van der Waals surface area contributed by atoms with Gasteiger partial charge < -0.3 is 10.6 Å². The van der Waals surface area contributed by atoms with E-state index < -0.39 is 17.6 Å². The van der Waals surface area contributed by atoms with Crippen LogP contribution in [0.5, 0.6) is 0 Å². The molecule has 0 bridgehead atoms. The molecule has 0 aliphatic heterocycles. The second-order valence-corrected chi connectivity index (χ2v) is 5.06. The summed E-state index contributed by atoms with van der Waals surface area (Å²) in [6.45, 7) is 4.65. The van der Waals surface area contributed by atoms with E-state index in [1.807, 2.05) is 0 Å². The molecule has 1 rings (SSSR count). The summed E-state index contributed by atoms with van der Waals surface area (Å²) >= 11 is 0. The van der Waals surface area contributed by atoms with Gasteiger partial charge in [-0.05, 0) is 24.5 Å². The van der Waals surface area contributed by atoms with E-state index in [1.165, 1.54) is 18.2 Å². The number of rotatable bonds is 7. The van der Waals surface area contributed by atoms with E-state index in [9.17, 15) is 14.0 Å². The monoisotopic (exact) mass is 294 g/mol. The highest BCUT2D eigenvalue weighted by Gasteiger charge is 2.16. The Balaban J connectivity index is 2.44. The molecule has 116 valence electrons. The number of benzene rings is 1. The number of nitrogens with one attached hydrogen (secondary N) is 2. The molecule has 4 nitrogen and oxygen atoms in total. The highest BCUT2D eigenvalue weighted by Crippen LogP contribution is 2.13. The molecule has 1 atom stereocenters. The van der Waals surface area contributed by atoms with Crippen LogP contribution in [0.15, 0.2) is 24.3 Å². The van der Waals surface area contributed by atoms with Crippen LogP contribution in [0.25, 0.3) is 0 Å². The standard InChI is InChI=1S/C16H23FN2O2/c1-3-5-8-12(4-2)11-18-15(20)16(21)19-14-10-7-6-9-13(14)17/h6-7,9-10,12H,3-5,8,11H2,1-2H3,(H,18,20)(H,19,21)/t12-/m1/s1. The minimum Gasteiger partial charge on any atom is -0.348 e. The SMILES string of the molecule is CCCC[C@@H](CC)CNC(=O)C(=O)Nc1ccccc1F. The maximum Gasteiger partial charge on any atom is 0.313 e. The number of carbonyl (C=O) groups excluding carboxylic acids is 2. The van der Waals surface area contributed by atoms with E-state index in [0.717, 1.165) is 25.7 Å². The molecule has 0 fully saturated rings. The summed E-state index contributed by atoms with van der Waals surface area (Å²) in [5, 5.41) is 4.88. The molecule has 0 heterocycles. The van der Waals surface area contributed by atoms with Crippen LogP contribution < -0.4 is 10.6 Å². The van der Waals surface area contributed by atoms with Gasteiger partial charge in [0.2, 0.25) is 0 Å². The Morgan fingerprint density at radius 2 is 1.90 bits per heavy atom. The molecular formula is C16H23FN2O2. The van der Waals surface area contributed by atoms with Crippen molar-refractivity contribution in [3.05, 3.63) is 30.1 Å². The van der Waals surface area contributed by atoms with Gasteiger partial charge in [0, 0.05) is 6.54 Å². The fourth-order valence-corrected chi connectivity index (χ4v) is 2.00. The lowest BCUT2D eigenvalue weighted by molar-refractivity contribution is -0.136. The molecule has 1 aromatic rings. The smallest absolute Gasteiger partial charge is 0.313 e. The highest BCUT2D eigenvalue weighted by atomic mass is 19.1. The quantitative estimate of drug-likeness (QED) is 0.759. The van der Waals surface area contributed by atoms with Gasteiger partial charge in [0.25, 0.3) is 0 Å². The van der Waals surface area contributed by atoms with Gasteiger partial charge in [0.1, 0.15) is 5.82 Å². The van der Waals surface area contributed by atoms with Crippen molar-refractivity contribution in [3.8, 4) is 0 Å². The Labute approximate surface area is 125 Å². The minimum atomic E-state index is -0.842. The molecule has 0 spiro atoms. The molecule has 0 unspecified atom stereocenters. The van der Waals surface area contributed by atoms with Gasteiger partial charge in [-0.1, -0.05) is 45.2 Å². The van der Waals surface area contributed by atoms with Crippen molar-refractivity contribution < 1.29 is 14.0 Å². The number of carbonyl (C=O) groups is 2. The van der Waals surface area contributed by atoms with Gasteiger partial charge >= 0.3 is 11.8 Å². The van der Waals surface area contributed by atoms with Crippen LogP contribution in [0.2, 0.25) is 0 Å². The van der Waals surface area contributed by atoms with E-state index in [2.05, 4.69) is 24.5 Å². The number of unbranched alkanes of at least 4 members (excludes halogenated alkanes) is 1. The third-order valence-electron chi connectivity index (χ3n) is 3.42. The maximum absolute atomic E-state index is 13.4. The molecule has 0 saturated carbocycles. The first-order valence-electron chi connectivity index (χ1n) is 7.42. The summed E-state index contributed by atoms with van der Waals surface area (Å²) in [5.41, 5.74) is 0.00988. The van der Waals surface area contributed by atoms with E-state index in [0.29, 0.717) is 12.5 Å². The third kappa shape index (κ3) is 5.94. The minimum absolute atomic E-state index is 0.00988. The number of anilines is 1. The highest BCUT2D eigenvalue weighted by molar-refractivity contribution is 6.39. The van der Waals surface area contributed by atoms with E-state index in [4.69, 9.17) is 0 Å². The average Bonchev–Trinajstić information content (AvgIpc) is 2.49. The van der Waals surface area contributed by atoms with Crippen molar-refractivity contribution >= 4 is 17.5 Å². The fourth-order valence-electron chi connectivity index (χ4n) is 2.00. The van der Waals surface area contributed by atoms with Crippen molar-refractivity contribution in [3.63, 3.8) is 0 Å². The number of hydrogen-bond donors (Lipinski definition) is 2. The van der Waals surface area contributed by atoms with Gasteiger partial charge in [-0.25, -0.2) is 4.39 Å². The summed E-state index contributed by atoms with van der Waals surface area (Å²) in [6.07, 6.45) is 4.20. The zero-order valence-electron chi connectivity index (χ0n) is 12.6. The van der Waals surface area contributed by atoms with Crippen molar-refractivity contribution in [2.24, 2.45) is 5.92 Å². The van der Waals surface area contributed by atoms with Crippen LogP contribution in [0.1, 0.15) is 39.5 Å². The molecule has 21 heavy (non-hydrogen) atoms. The van der Waals surface area contributed by atoms with Crippen molar-refractivity contribution in [2.75, 3.05) is 11.9 Å². The Kier molecular flexibility index (Phi) is 7.43. The molecule has 0 aliphatic carbocycles. The topological polar surface area (TPSA) is 58.2 Å². The normalized spacial score (nSPS) is 11.8. The van der Waals surface area contributed by atoms with Gasteiger partial charge in [-0.3, -0.25) is 9.59 Å². The Hall–Kier alpha value is -1.91. The lowest BCUT2D eigenvalue weighted by Gasteiger charge is -2.15. The first-order chi connectivity index (χ1) is 10.1. The predicted molar refractivity (Wildman–Crippen MR) is 81.3 cm³/mol. The molecule has 1 aromatic carbocycles. The Bertz CT molecular complexity index is 477. The molecule has 0 aliphatic rings. The molecule has 5 heteroatoms. The summed E-state index contributed by atoms with van der Waals surface area (Å²) in [5.74, 6) is -1.76. The number of hydrogen-bond acceptors (Lipinski definition) is 2. The fraction of sp³-hybridized carbons (Fsp3) is 0.500. The van der Waals surface area contributed by atoms with Crippen LogP contribution in [-0.4, -0.2) is 18.4 Å². The van der Waals surface area contributed by atoms with Crippen molar-refractivity contribution in [2.45, 2.75) is 39.5 Å². The predicted octanol–water partition coefficient (Wildman–Crippen LogP) is 3.10. The molecular weight excluding hydrogens is 271 g/mol. The van der Waals surface area contributed by atoms with E-state index >= 15 is 0 Å². The summed E-state index contributed by atoms with van der Waals surface area (Å²) < 4.78 is 13.4. The van der Waals surface area contributed by atoms with Crippen LogP contribution >= 0.6 is 0 Å². The first-order valence-corrected chi connectivity index (χ1v) is 7.42. The summed E-state index contributed by atoms with van der Waals surface area (Å²) in [4.78, 5) is 23.4. The van der Waals surface area contributed by atoms with Crippen LogP contribution in [0.4, 0.5) is 10.1 Å². The van der Waals surface area contributed by atoms with Crippen molar-refractivity contribution in [1.29, 1.82) is 0 Å². The number of halogens is 1. The third-order valence-corrected chi connectivity index (χ3v) is 3.42. The van der Waals surface area contributed by atoms with Gasteiger partial charge in [0.15, 0.2) is 0 Å². The van der Waals surface area contributed by atoms with Crippen LogP contribution in [0.3, 0.4) is 0 Å². The van der Waals surface area contributed by atoms with Crippen molar-refractivity contribution in [1.82, 2.24) is 5.32 Å². The lowest BCUT2D eigenvalue weighted by atomic mass is 9.99. The summed E-state index contributed by atoms with van der Waals surface area (Å²) in [6, 6.07) is 5.75. The van der Waals surface area contributed by atoms with Crippen LogP contribution in [-0.2, 0) is 9.59 Å². The second kappa shape index (κ2) is 9.10. The van der Waals surface area contributed by atoms with Gasteiger partial charge in [-0.2, -0.15) is 0 Å². The number of amides is 2. The first kappa shape index (κ1) is 17.1. The largest absolute Gasteiger partial charge is 0.348 e. The number of para-hydroxylation sites is 1. The van der Waals surface area contributed by atoms with Gasteiger partial charge in [-0.15, -0.1) is 0 Å². The Morgan fingerprint density at radius 1 is 1.19 bits per heavy atom. The van der Waals surface area contributed by atoms with E-state index in [1.54, 1.807) is 6.07 Å². The zero-order chi connectivity index (χ0) is 15.7. The molecule has 0 aromatic heterocycles. The molecule has 2 amide bonds. The second-order valence-electron chi connectivity index (χ2n) is 5.06. The molecule has 2 N–H and O–H groups in total. The Morgan fingerprint density at radius 3 is 2.52 bits per heavy atom. The average molecular weight is 294 g/mol. The van der Waals surface area contributed by atoms with E-state index in [-0.39, 0.29) is 5.69 Å². The maximum atomic E-state index is 13.4. The molecule has 0 radical (unpaired) electrons. The van der Waals surface area contributed by atoms with Crippen LogP contribution in [0, 0.1) is 11.7 Å². The molecule has 0 saturated heterocycles. The van der Waals surface area contributed by atoms with Gasteiger partial charge in [0.05, 0.1) is 5.69 Å². The summed E-state index contributed by atoms with van der Waals surface area (Å²) in [7, 11) is 0. The lowest BCUT2D eigenvalue weighted by Crippen LogP contribution is -2.38.